The van der Waals surface area contributed by atoms with E-state index in [1.54, 1.807) is 6.20 Å². The lowest BCUT2D eigenvalue weighted by Gasteiger charge is -2.11. The molecule has 0 radical (unpaired) electrons. The van der Waals surface area contributed by atoms with Crippen LogP contribution in [0.3, 0.4) is 0 Å². The van der Waals surface area contributed by atoms with Crippen LogP contribution in [-0.2, 0) is 0 Å². The van der Waals surface area contributed by atoms with E-state index in [2.05, 4.69) is 36.5 Å². The number of rotatable bonds is 5. The minimum absolute atomic E-state index is 0.0268. The summed E-state index contributed by atoms with van der Waals surface area (Å²) in [6, 6.07) is 2.25. The Hall–Kier alpha value is -1.76. The molecule has 1 heterocycles. The predicted octanol–water partition coefficient (Wildman–Crippen LogP) is 4.39. The molecule has 1 aromatic carbocycles. The first-order valence-electron chi connectivity index (χ1n) is 6.50. The number of aryl methyl sites for hydroxylation is 1. The molecule has 21 heavy (non-hydrogen) atoms. The minimum atomic E-state index is -0.539. The molecule has 112 valence electrons. The fourth-order valence-electron chi connectivity index (χ4n) is 1.65. The number of halogens is 3. The number of nitrogens with zero attached hydrogens (tertiary/aromatic N) is 2. The topological polar surface area (TPSA) is 49.8 Å². The SMILES string of the molecule is CCCNc1ncc(Br)c(Nc2cc(F)c(C)cc2F)n1. The normalized spacial score (nSPS) is 10.5. The first kappa shape index (κ1) is 15.6. The Kier molecular flexibility index (Phi) is 5.06. The van der Waals surface area contributed by atoms with Gasteiger partial charge in [-0.3, -0.25) is 0 Å². The molecule has 7 heteroatoms. The molecule has 2 rings (SSSR count). The quantitative estimate of drug-likeness (QED) is 0.833. The van der Waals surface area contributed by atoms with E-state index in [1.807, 2.05) is 6.92 Å². The number of benzene rings is 1. The molecule has 0 spiro atoms. The van der Waals surface area contributed by atoms with Crippen molar-refractivity contribution < 1.29 is 8.78 Å². The maximum Gasteiger partial charge on any atom is 0.224 e. The summed E-state index contributed by atoms with van der Waals surface area (Å²) < 4.78 is 28.0. The van der Waals surface area contributed by atoms with Gasteiger partial charge in [-0.05, 0) is 40.9 Å². The molecule has 0 unspecified atom stereocenters. The number of nitrogens with one attached hydrogen (secondary N) is 2. The van der Waals surface area contributed by atoms with Gasteiger partial charge in [-0.2, -0.15) is 4.98 Å². The van der Waals surface area contributed by atoms with Gasteiger partial charge in [0.2, 0.25) is 5.95 Å². The van der Waals surface area contributed by atoms with Gasteiger partial charge in [0.05, 0.1) is 10.2 Å². The third-order valence-corrected chi connectivity index (χ3v) is 3.36. The van der Waals surface area contributed by atoms with E-state index in [4.69, 9.17) is 0 Å². The number of aromatic nitrogens is 2. The van der Waals surface area contributed by atoms with Crippen molar-refractivity contribution in [2.75, 3.05) is 17.2 Å². The van der Waals surface area contributed by atoms with Crippen LogP contribution in [0.2, 0.25) is 0 Å². The predicted molar refractivity (Wildman–Crippen MR) is 82.9 cm³/mol. The molecular weight excluding hydrogens is 342 g/mol. The molecular formula is C14H15BrF2N4. The zero-order valence-electron chi connectivity index (χ0n) is 11.7. The summed E-state index contributed by atoms with van der Waals surface area (Å²) in [5.74, 6) is -0.225. The molecule has 2 aromatic rings. The first-order chi connectivity index (χ1) is 10.0. The second kappa shape index (κ2) is 6.80. The molecule has 0 aliphatic carbocycles. The second-order valence-corrected chi connectivity index (χ2v) is 5.38. The van der Waals surface area contributed by atoms with E-state index < -0.39 is 11.6 Å². The summed E-state index contributed by atoms with van der Waals surface area (Å²) in [5.41, 5.74) is 0.282. The van der Waals surface area contributed by atoms with Crippen LogP contribution in [0, 0.1) is 18.6 Å². The Morgan fingerprint density at radius 2 is 2.00 bits per heavy atom. The molecule has 0 aliphatic heterocycles. The Morgan fingerprint density at radius 3 is 2.71 bits per heavy atom. The average molecular weight is 357 g/mol. The van der Waals surface area contributed by atoms with Crippen LogP contribution in [0.5, 0.6) is 0 Å². The van der Waals surface area contributed by atoms with Gasteiger partial charge in [-0.15, -0.1) is 0 Å². The van der Waals surface area contributed by atoms with Gasteiger partial charge in [-0.25, -0.2) is 13.8 Å². The highest BCUT2D eigenvalue weighted by Gasteiger charge is 2.11. The van der Waals surface area contributed by atoms with Gasteiger partial charge in [0, 0.05) is 18.8 Å². The Labute approximate surface area is 130 Å². The fourth-order valence-corrected chi connectivity index (χ4v) is 1.94. The van der Waals surface area contributed by atoms with Crippen molar-refractivity contribution in [1.82, 2.24) is 9.97 Å². The standard InChI is InChI=1S/C14H15BrF2N4/c1-3-4-18-14-19-7-9(15)13(21-14)20-12-6-10(16)8(2)5-11(12)17/h5-7H,3-4H2,1-2H3,(H2,18,19,20,21). The van der Waals surface area contributed by atoms with Crippen molar-refractivity contribution in [1.29, 1.82) is 0 Å². The minimum Gasteiger partial charge on any atom is -0.354 e. The van der Waals surface area contributed by atoms with Crippen LogP contribution in [0.4, 0.5) is 26.2 Å². The first-order valence-corrected chi connectivity index (χ1v) is 7.29. The van der Waals surface area contributed by atoms with Crippen molar-refractivity contribution in [3.05, 3.63) is 40.0 Å². The fraction of sp³-hybridized carbons (Fsp3) is 0.286. The zero-order chi connectivity index (χ0) is 15.4. The molecule has 0 aliphatic rings. The van der Waals surface area contributed by atoms with Gasteiger partial charge < -0.3 is 10.6 Å². The summed E-state index contributed by atoms with van der Waals surface area (Å²) >= 11 is 3.28. The van der Waals surface area contributed by atoms with Crippen LogP contribution in [-0.4, -0.2) is 16.5 Å². The molecule has 0 amide bonds. The Balaban J connectivity index is 2.28. The largest absolute Gasteiger partial charge is 0.354 e. The Bertz CT molecular complexity index is 649. The van der Waals surface area contributed by atoms with E-state index in [-0.39, 0.29) is 11.3 Å². The second-order valence-electron chi connectivity index (χ2n) is 4.52. The van der Waals surface area contributed by atoms with Crippen molar-refractivity contribution in [3.8, 4) is 0 Å². The van der Waals surface area contributed by atoms with Crippen LogP contribution in [0.1, 0.15) is 18.9 Å². The van der Waals surface area contributed by atoms with E-state index in [1.165, 1.54) is 6.92 Å². The molecule has 4 nitrogen and oxygen atoms in total. The van der Waals surface area contributed by atoms with Crippen molar-refractivity contribution in [2.45, 2.75) is 20.3 Å². The summed E-state index contributed by atoms with van der Waals surface area (Å²) in [6.45, 7) is 4.26. The summed E-state index contributed by atoms with van der Waals surface area (Å²) in [5, 5.41) is 5.80. The highest BCUT2D eigenvalue weighted by Crippen LogP contribution is 2.27. The van der Waals surface area contributed by atoms with Gasteiger partial charge in [0.15, 0.2) is 0 Å². The summed E-state index contributed by atoms with van der Waals surface area (Å²) in [6.07, 6.45) is 2.48. The van der Waals surface area contributed by atoms with Crippen molar-refractivity contribution in [2.24, 2.45) is 0 Å². The highest BCUT2D eigenvalue weighted by atomic mass is 79.9. The lowest BCUT2D eigenvalue weighted by molar-refractivity contribution is 0.595. The van der Waals surface area contributed by atoms with Crippen LogP contribution in [0.25, 0.3) is 0 Å². The third-order valence-electron chi connectivity index (χ3n) is 2.78. The molecule has 1 aromatic heterocycles. The lowest BCUT2D eigenvalue weighted by atomic mass is 10.2. The zero-order valence-corrected chi connectivity index (χ0v) is 13.3. The van der Waals surface area contributed by atoms with Crippen molar-refractivity contribution >= 4 is 33.4 Å². The third kappa shape index (κ3) is 3.87. The van der Waals surface area contributed by atoms with E-state index in [0.717, 1.165) is 25.1 Å². The molecule has 0 saturated carbocycles. The molecule has 0 fully saturated rings. The van der Waals surface area contributed by atoms with Gasteiger partial charge in [-0.1, -0.05) is 6.92 Å². The van der Waals surface area contributed by atoms with Gasteiger partial charge in [0.25, 0.3) is 0 Å². The maximum absolute atomic E-state index is 13.8. The lowest BCUT2D eigenvalue weighted by Crippen LogP contribution is -2.06. The van der Waals surface area contributed by atoms with E-state index >= 15 is 0 Å². The summed E-state index contributed by atoms with van der Waals surface area (Å²) in [7, 11) is 0. The van der Waals surface area contributed by atoms with Crippen molar-refractivity contribution in [3.63, 3.8) is 0 Å². The highest BCUT2D eigenvalue weighted by molar-refractivity contribution is 9.10. The summed E-state index contributed by atoms with van der Waals surface area (Å²) in [4.78, 5) is 8.32. The van der Waals surface area contributed by atoms with Crippen LogP contribution >= 0.6 is 15.9 Å². The molecule has 2 N–H and O–H groups in total. The van der Waals surface area contributed by atoms with Crippen LogP contribution < -0.4 is 10.6 Å². The average Bonchev–Trinajstić information content (AvgIpc) is 2.45. The van der Waals surface area contributed by atoms with Gasteiger partial charge in [0.1, 0.15) is 17.5 Å². The maximum atomic E-state index is 13.8. The molecule has 0 atom stereocenters. The van der Waals surface area contributed by atoms with E-state index in [0.29, 0.717) is 16.2 Å². The molecule has 0 saturated heterocycles. The Morgan fingerprint density at radius 1 is 1.24 bits per heavy atom. The number of hydrogen-bond acceptors (Lipinski definition) is 4. The van der Waals surface area contributed by atoms with E-state index in [9.17, 15) is 8.78 Å². The molecule has 0 bridgehead atoms. The van der Waals surface area contributed by atoms with Gasteiger partial charge >= 0.3 is 0 Å². The van der Waals surface area contributed by atoms with Crippen LogP contribution in [0.15, 0.2) is 22.8 Å². The number of hydrogen-bond donors (Lipinski definition) is 2. The monoisotopic (exact) mass is 356 g/mol. The number of anilines is 3. The smallest absolute Gasteiger partial charge is 0.224 e.